The molecule has 0 aromatic carbocycles. The molecule has 86 valence electrons. The molecule has 0 aromatic rings. The van der Waals surface area contributed by atoms with Crippen LogP contribution in [-0.2, 0) is 0 Å². The first kappa shape index (κ1) is 14.0. The molecule has 0 heterocycles. The van der Waals surface area contributed by atoms with E-state index >= 15 is 0 Å². The van der Waals surface area contributed by atoms with Gasteiger partial charge in [-0.05, 0) is 38.3 Å². The molecular weight excluding hydrogens is 170 g/mol. The molecule has 0 radical (unpaired) electrons. The maximum atomic E-state index is 3.30. The third kappa shape index (κ3) is 7.37. The number of hydrogen-bond acceptors (Lipinski definition) is 1. The van der Waals surface area contributed by atoms with Crippen LogP contribution in [0.2, 0.25) is 0 Å². The van der Waals surface area contributed by atoms with Gasteiger partial charge >= 0.3 is 0 Å². The zero-order chi connectivity index (χ0) is 10.8. The minimum atomic E-state index is 0.911. The zero-order valence-electron chi connectivity index (χ0n) is 10.6. The van der Waals surface area contributed by atoms with Crippen LogP contribution < -0.4 is 5.32 Å². The van der Waals surface area contributed by atoms with E-state index < -0.39 is 0 Å². The molecular formula is C13H29N. The van der Waals surface area contributed by atoms with Crippen LogP contribution in [0.1, 0.15) is 59.3 Å². The monoisotopic (exact) mass is 199 g/mol. The van der Waals surface area contributed by atoms with Crippen molar-refractivity contribution in [3.05, 3.63) is 0 Å². The molecule has 0 saturated heterocycles. The van der Waals surface area contributed by atoms with E-state index in [0.717, 1.165) is 11.8 Å². The van der Waals surface area contributed by atoms with Gasteiger partial charge in [-0.25, -0.2) is 0 Å². The molecule has 2 unspecified atom stereocenters. The van der Waals surface area contributed by atoms with Gasteiger partial charge in [0.05, 0.1) is 0 Å². The van der Waals surface area contributed by atoms with Gasteiger partial charge in [-0.1, -0.05) is 46.5 Å². The maximum absolute atomic E-state index is 3.30. The molecule has 0 aliphatic heterocycles. The molecule has 0 aliphatic carbocycles. The zero-order valence-corrected chi connectivity index (χ0v) is 10.6. The largest absolute Gasteiger partial charge is 0.319 e. The number of nitrogens with one attached hydrogen (secondary N) is 1. The van der Waals surface area contributed by atoms with Crippen molar-refractivity contribution in [3.63, 3.8) is 0 Å². The average Bonchev–Trinajstić information content (AvgIpc) is 2.18. The van der Waals surface area contributed by atoms with Gasteiger partial charge in [-0.2, -0.15) is 0 Å². The van der Waals surface area contributed by atoms with E-state index in [4.69, 9.17) is 0 Å². The van der Waals surface area contributed by atoms with Crippen molar-refractivity contribution in [2.24, 2.45) is 11.8 Å². The fourth-order valence-corrected chi connectivity index (χ4v) is 2.00. The first-order chi connectivity index (χ1) is 6.74. The van der Waals surface area contributed by atoms with Crippen LogP contribution in [-0.4, -0.2) is 13.6 Å². The van der Waals surface area contributed by atoms with Crippen LogP contribution in [0, 0.1) is 11.8 Å². The fraction of sp³-hybridized carbons (Fsp3) is 1.00. The maximum Gasteiger partial charge on any atom is -0.00235 e. The number of hydrogen-bond donors (Lipinski definition) is 1. The van der Waals surface area contributed by atoms with Crippen LogP contribution >= 0.6 is 0 Å². The molecule has 1 heteroatoms. The summed E-state index contributed by atoms with van der Waals surface area (Å²) in [5, 5.41) is 3.30. The van der Waals surface area contributed by atoms with E-state index in [9.17, 15) is 0 Å². The lowest BCUT2D eigenvalue weighted by Crippen LogP contribution is -2.18. The lowest BCUT2D eigenvalue weighted by molar-refractivity contribution is 0.385. The van der Waals surface area contributed by atoms with E-state index in [1.807, 2.05) is 0 Å². The standard InChI is InChI=1S/C13H29N/c1-5-8-13(11-14-4)10-7-9-12(3)6-2/h12-14H,5-11H2,1-4H3. The highest BCUT2D eigenvalue weighted by Gasteiger charge is 2.07. The summed E-state index contributed by atoms with van der Waals surface area (Å²) in [6, 6.07) is 0. The highest BCUT2D eigenvalue weighted by molar-refractivity contribution is 4.62. The molecule has 0 saturated carbocycles. The summed E-state index contributed by atoms with van der Waals surface area (Å²) in [5.41, 5.74) is 0. The van der Waals surface area contributed by atoms with Gasteiger partial charge in [0.15, 0.2) is 0 Å². The summed E-state index contributed by atoms with van der Waals surface area (Å²) in [4.78, 5) is 0. The van der Waals surface area contributed by atoms with Crippen molar-refractivity contribution in [2.45, 2.75) is 59.3 Å². The van der Waals surface area contributed by atoms with Crippen LogP contribution in [0.4, 0.5) is 0 Å². The minimum absolute atomic E-state index is 0.911. The molecule has 0 amide bonds. The predicted molar refractivity (Wildman–Crippen MR) is 65.6 cm³/mol. The van der Waals surface area contributed by atoms with E-state index in [0.29, 0.717) is 0 Å². The summed E-state index contributed by atoms with van der Waals surface area (Å²) in [6.07, 6.45) is 8.31. The lowest BCUT2D eigenvalue weighted by atomic mass is 9.93. The lowest BCUT2D eigenvalue weighted by Gasteiger charge is -2.16. The molecule has 0 aliphatic rings. The molecule has 14 heavy (non-hydrogen) atoms. The Balaban J connectivity index is 3.49. The van der Waals surface area contributed by atoms with Gasteiger partial charge in [0, 0.05) is 0 Å². The SMILES string of the molecule is CCCC(CCCC(C)CC)CNC. The molecule has 1 N–H and O–H groups in total. The van der Waals surface area contributed by atoms with Gasteiger partial charge in [0.2, 0.25) is 0 Å². The normalized spacial score (nSPS) is 15.4. The quantitative estimate of drug-likeness (QED) is 0.595. The van der Waals surface area contributed by atoms with E-state index in [-0.39, 0.29) is 0 Å². The van der Waals surface area contributed by atoms with Crippen LogP contribution in [0.3, 0.4) is 0 Å². The summed E-state index contributed by atoms with van der Waals surface area (Å²) in [7, 11) is 2.07. The Morgan fingerprint density at radius 1 is 1.07 bits per heavy atom. The fourth-order valence-electron chi connectivity index (χ4n) is 2.00. The predicted octanol–water partition coefficient (Wildman–Crippen LogP) is 3.84. The second kappa shape index (κ2) is 9.51. The van der Waals surface area contributed by atoms with Gasteiger partial charge < -0.3 is 5.32 Å². The van der Waals surface area contributed by atoms with Crippen LogP contribution in [0.15, 0.2) is 0 Å². The van der Waals surface area contributed by atoms with Crippen molar-refractivity contribution in [1.29, 1.82) is 0 Å². The summed E-state index contributed by atoms with van der Waals surface area (Å²) >= 11 is 0. The van der Waals surface area contributed by atoms with Gasteiger partial charge in [-0.15, -0.1) is 0 Å². The van der Waals surface area contributed by atoms with Crippen molar-refractivity contribution < 1.29 is 0 Å². The van der Waals surface area contributed by atoms with E-state index in [1.54, 1.807) is 0 Å². The second-order valence-electron chi connectivity index (χ2n) is 4.66. The molecule has 0 rings (SSSR count). The smallest absolute Gasteiger partial charge is 0.00235 e. The Bertz CT molecular complexity index is 106. The Morgan fingerprint density at radius 3 is 2.29 bits per heavy atom. The Kier molecular flexibility index (Phi) is 9.49. The second-order valence-corrected chi connectivity index (χ2v) is 4.66. The Labute approximate surface area is 90.7 Å². The highest BCUT2D eigenvalue weighted by Crippen LogP contribution is 2.17. The van der Waals surface area contributed by atoms with Gasteiger partial charge in [0.25, 0.3) is 0 Å². The molecule has 0 fully saturated rings. The van der Waals surface area contributed by atoms with Crippen molar-refractivity contribution in [1.82, 2.24) is 5.32 Å². The van der Waals surface area contributed by atoms with Gasteiger partial charge in [0.1, 0.15) is 0 Å². The van der Waals surface area contributed by atoms with Gasteiger partial charge in [-0.3, -0.25) is 0 Å². The van der Waals surface area contributed by atoms with Crippen molar-refractivity contribution in [3.8, 4) is 0 Å². The molecule has 1 nitrogen and oxygen atoms in total. The summed E-state index contributed by atoms with van der Waals surface area (Å²) in [6.45, 7) is 8.15. The molecule has 0 spiro atoms. The molecule has 2 atom stereocenters. The summed E-state index contributed by atoms with van der Waals surface area (Å²) < 4.78 is 0. The first-order valence-corrected chi connectivity index (χ1v) is 6.39. The summed E-state index contributed by atoms with van der Waals surface area (Å²) in [5.74, 6) is 1.83. The Hall–Kier alpha value is -0.0400. The third-order valence-electron chi connectivity index (χ3n) is 3.20. The van der Waals surface area contributed by atoms with E-state index in [2.05, 4.69) is 33.1 Å². The molecule has 0 aromatic heterocycles. The minimum Gasteiger partial charge on any atom is -0.319 e. The third-order valence-corrected chi connectivity index (χ3v) is 3.20. The van der Waals surface area contributed by atoms with E-state index in [1.165, 1.54) is 45.1 Å². The first-order valence-electron chi connectivity index (χ1n) is 6.39. The highest BCUT2D eigenvalue weighted by atomic mass is 14.8. The average molecular weight is 199 g/mol. The van der Waals surface area contributed by atoms with Crippen molar-refractivity contribution >= 4 is 0 Å². The van der Waals surface area contributed by atoms with Crippen LogP contribution in [0.25, 0.3) is 0 Å². The number of rotatable bonds is 9. The topological polar surface area (TPSA) is 12.0 Å². The van der Waals surface area contributed by atoms with Crippen molar-refractivity contribution in [2.75, 3.05) is 13.6 Å². The Morgan fingerprint density at radius 2 is 1.79 bits per heavy atom. The molecule has 0 bridgehead atoms. The van der Waals surface area contributed by atoms with Crippen LogP contribution in [0.5, 0.6) is 0 Å².